The Morgan fingerprint density at radius 2 is 1.74 bits per heavy atom. The van der Waals surface area contributed by atoms with E-state index in [1.165, 1.54) is 17.3 Å². The van der Waals surface area contributed by atoms with Gasteiger partial charge >= 0.3 is 15.6 Å². The van der Waals surface area contributed by atoms with Crippen LogP contribution in [0.1, 0.15) is 29.7 Å². The average Bonchev–Trinajstić information content (AvgIpc) is 3.17. The van der Waals surface area contributed by atoms with Crippen LogP contribution in [0.25, 0.3) is 10.8 Å². The molecule has 178 valence electrons. The third-order valence-corrected chi connectivity index (χ3v) is 8.28. The third kappa shape index (κ3) is 4.17. The molecule has 3 aromatic carbocycles. The lowest BCUT2D eigenvalue weighted by Crippen LogP contribution is -2.33. The van der Waals surface area contributed by atoms with Crippen LogP contribution in [-0.2, 0) is 26.6 Å². The van der Waals surface area contributed by atoms with Gasteiger partial charge in [0.05, 0.1) is 29.1 Å². The van der Waals surface area contributed by atoms with Crippen molar-refractivity contribution in [3.05, 3.63) is 71.3 Å². The van der Waals surface area contributed by atoms with Crippen molar-refractivity contribution in [3.63, 3.8) is 0 Å². The highest BCUT2D eigenvalue weighted by molar-refractivity contribution is 7.92. The summed E-state index contributed by atoms with van der Waals surface area (Å²) in [5, 5.41) is 10.7. The second-order valence-corrected chi connectivity index (χ2v) is 11.3. The molecular formula is C22H17F3N2O5S2. The van der Waals surface area contributed by atoms with Crippen LogP contribution >= 0.6 is 0 Å². The topological polar surface area (TPSA) is 105 Å². The normalized spacial score (nSPS) is 16.3. The molecule has 1 heterocycles. The van der Waals surface area contributed by atoms with Crippen LogP contribution in [0.15, 0.2) is 54.6 Å². The number of sulfonamides is 1. The van der Waals surface area contributed by atoms with Crippen molar-refractivity contribution in [1.82, 2.24) is 0 Å². The van der Waals surface area contributed by atoms with Crippen molar-refractivity contribution < 1.29 is 34.2 Å². The molecule has 0 spiro atoms. The smallest absolute Gasteiger partial charge is 0.376 e. The maximum absolute atomic E-state index is 13.0. The number of nitriles is 1. The van der Waals surface area contributed by atoms with E-state index in [9.17, 15) is 35.3 Å². The first-order valence-corrected chi connectivity index (χ1v) is 13.0. The fourth-order valence-electron chi connectivity index (χ4n) is 3.90. The number of rotatable bonds is 5. The van der Waals surface area contributed by atoms with E-state index in [2.05, 4.69) is 10.3 Å². The van der Waals surface area contributed by atoms with Gasteiger partial charge in [-0.2, -0.15) is 26.9 Å². The molecule has 0 fully saturated rings. The third-order valence-electron chi connectivity index (χ3n) is 5.52. The monoisotopic (exact) mass is 510 g/mol. The highest BCUT2D eigenvalue weighted by Crippen LogP contribution is 2.44. The Morgan fingerprint density at radius 1 is 1.03 bits per heavy atom. The lowest BCUT2D eigenvalue weighted by atomic mass is 9.98. The number of halogens is 3. The Labute approximate surface area is 194 Å². The van der Waals surface area contributed by atoms with E-state index < -0.39 is 37.4 Å². The minimum absolute atomic E-state index is 0.0846. The summed E-state index contributed by atoms with van der Waals surface area (Å²) >= 11 is 0. The summed E-state index contributed by atoms with van der Waals surface area (Å²) in [4.78, 5) is 0. The van der Waals surface area contributed by atoms with Crippen molar-refractivity contribution in [2.75, 3.05) is 10.1 Å². The molecule has 34 heavy (non-hydrogen) atoms. The highest BCUT2D eigenvalue weighted by Gasteiger charge is 2.48. The zero-order chi connectivity index (χ0) is 24.9. The molecule has 0 saturated carbocycles. The summed E-state index contributed by atoms with van der Waals surface area (Å²) in [6.07, 6.45) is 0.0846. The Morgan fingerprint density at radius 3 is 2.38 bits per heavy atom. The standard InChI is InChI=1S/C22H17F3N2O5S2/c1-2-33(28,29)27-20-8-7-19(32-34(30,31)22(23,24)25)11-18(20)12-21(27)16-6-5-15-4-3-14(13-26)9-17(15)10-16/h3-11,21H,2,12H2,1H3. The van der Waals surface area contributed by atoms with Gasteiger partial charge in [-0.05, 0) is 65.2 Å². The predicted molar refractivity (Wildman–Crippen MR) is 119 cm³/mol. The first-order chi connectivity index (χ1) is 15.9. The first-order valence-electron chi connectivity index (χ1n) is 9.96. The van der Waals surface area contributed by atoms with Crippen LogP contribution in [0, 0.1) is 11.3 Å². The molecule has 12 heteroatoms. The summed E-state index contributed by atoms with van der Waals surface area (Å²) in [5.74, 6) is -0.793. The van der Waals surface area contributed by atoms with Crippen molar-refractivity contribution >= 4 is 36.6 Å². The van der Waals surface area contributed by atoms with E-state index in [1.54, 1.807) is 36.4 Å². The fraction of sp³-hybridized carbons (Fsp3) is 0.227. The molecule has 0 amide bonds. The molecule has 1 unspecified atom stereocenters. The zero-order valence-electron chi connectivity index (χ0n) is 17.6. The van der Waals surface area contributed by atoms with Crippen LogP contribution in [0.4, 0.5) is 18.9 Å². The van der Waals surface area contributed by atoms with Crippen LogP contribution in [0.3, 0.4) is 0 Å². The molecular weight excluding hydrogens is 493 g/mol. The van der Waals surface area contributed by atoms with E-state index in [0.29, 0.717) is 16.7 Å². The number of nitrogens with zero attached hydrogens (tertiary/aromatic N) is 2. The van der Waals surface area contributed by atoms with Crippen molar-refractivity contribution in [3.8, 4) is 11.8 Å². The SMILES string of the molecule is CCS(=O)(=O)N1c2ccc(OS(=O)(=O)C(F)(F)F)cc2CC1c1ccc2ccc(C#N)cc2c1. The summed E-state index contributed by atoms with van der Waals surface area (Å²) in [5.41, 5.74) is -4.00. The molecule has 0 saturated heterocycles. The number of anilines is 1. The number of benzene rings is 3. The molecule has 1 aliphatic heterocycles. The minimum Gasteiger partial charge on any atom is -0.376 e. The van der Waals surface area contributed by atoms with Crippen molar-refractivity contribution in [1.29, 1.82) is 5.26 Å². The first kappa shape index (κ1) is 23.8. The summed E-state index contributed by atoms with van der Waals surface area (Å²) < 4.78 is 92.2. The molecule has 0 N–H and O–H groups in total. The van der Waals surface area contributed by atoms with Gasteiger partial charge in [-0.3, -0.25) is 4.31 Å². The number of hydrogen-bond donors (Lipinski definition) is 0. The summed E-state index contributed by atoms with van der Waals surface area (Å²) in [7, 11) is -9.67. The van der Waals surface area contributed by atoms with Crippen LogP contribution in [0.2, 0.25) is 0 Å². The largest absolute Gasteiger partial charge is 0.534 e. The summed E-state index contributed by atoms with van der Waals surface area (Å²) in [6.45, 7) is 1.47. The van der Waals surface area contributed by atoms with E-state index in [-0.39, 0.29) is 17.9 Å². The molecule has 0 aromatic heterocycles. The second kappa shape index (κ2) is 8.18. The van der Waals surface area contributed by atoms with Gasteiger partial charge in [-0.15, -0.1) is 0 Å². The quantitative estimate of drug-likeness (QED) is 0.372. The van der Waals surface area contributed by atoms with Gasteiger partial charge in [0.25, 0.3) is 0 Å². The van der Waals surface area contributed by atoms with E-state index in [0.717, 1.165) is 22.9 Å². The van der Waals surface area contributed by atoms with Gasteiger partial charge in [-0.25, -0.2) is 8.42 Å². The number of alkyl halides is 3. The Bertz CT molecular complexity index is 1540. The van der Waals surface area contributed by atoms with E-state index >= 15 is 0 Å². The minimum atomic E-state index is -5.87. The lowest BCUT2D eigenvalue weighted by Gasteiger charge is -2.27. The Balaban J connectivity index is 1.79. The van der Waals surface area contributed by atoms with Crippen LogP contribution < -0.4 is 8.49 Å². The van der Waals surface area contributed by atoms with Gasteiger partial charge in [0.15, 0.2) is 0 Å². The molecule has 1 atom stereocenters. The van der Waals surface area contributed by atoms with E-state index in [1.807, 2.05) is 0 Å². The van der Waals surface area contributed by atoms with E-state index in [4.69, 9.17) is 0 Å². The zero-order valence-corrected chi connectivity index (χ0v) is 19.2. The summed E-state index contributed by atoms with van der Waals surface area (Å²) in [6, 6.07) is 15.1. The molecule has 0 radical (unpaired) electrons. The number of fused-ring (bicyclic) bond motifs is 2. The molecule has 1 aliphatic rings. The molecule has 0 bridgehead atoms. The van der Waals surface area contributed by atoms with Gasteiger partial charge in [0, 0.05) is 6.42 Å². The van der Waals surface area contributed by atoms with Crippen molar-refractivity contribution in [2.45, 2.75) is 24.9 Å². The molecule has 3 aromatic rings. The Kier molecular flexibility index (Phi) is 5.73. The van der Waals surface area contributed by atoms with Crippen molar-refractivity contribution in [2.24, 2.45) is 0 Å². The molecule has 0 aliphatic carbocycles. The highest BCUT2D eigenvalue weighted by atomic mass is 32.2. The average molecular weight is 511 g/mol. The van der Waals surface area contributed by atoms with Crippen LogP contribution in [-0.4, -0.2) is 28.1 Å². The lowest BCUT2D eigenvalue weighted by molar-refractivity contribution is -0.0500. The number of hydrogen-bond acceptors (Lipinski definition) is 6. The predicted octanol–water partition coefficient (Wildman–Crippen LogP) is 4.39. The van der Waals surface area contributed by atoms with Gasteiger partial charge in [0.1, 0.15) is 5.75 Å². The maximum Gasteiger partial charge on any atom is 0.534 e. The van der Waals surface area contributed by atoms with Crippen LogP contribution in [0.5, 0.6) is 5.75 Å². The van der Waals surface area contributed by atoms with Gasteiger partial charge in [0.2, 0.25) is 10.0 Å². The second-order valence-electron chi connectivity index (χ2n) is 7.62. The molecule has 4 rings (SSSR count). The Hall–Kier alpha value is -3.30. The fourth-order valence-corrected chi connectivity index (χ4v) is 5.69. The van der Waals surface area contributed by atoms with Gasteiger partial charge < -0.3 is 4.18 Å². The molecule has 7 nitrogen and oxygen atoms in total. The maximum atomic E-state index is 13.0. The van der Waals surface area contributed by atoms with Gasteiger partial charge in [-0.1, -0.05) is 18.2 Å².